The number of carbonyl (C=O) groups excluding carboxylic acids is 2. The zero-order valence-electron chi connectivity index (χ0n) is 15.1. The third-order valence-corrected chi connectivity index (χ3v) is 5.55. The van der Waals surface area contributed by atoms with Crippen LogP contribution in [-0.2, 0) is 17.6 Å². The molecule has 0 spiro atoms. The predicted molar refractivity (Wildman–Crippen MR) is 96.9 cm³/mol. The maximum atomic E-state index is 12.6. The molecule has 1 heterocycles. The molecule has 4 rings (SSSR count). The molecule has 0 aliphatic heterocycles. The molecule has 0 radical (unpaired) electrons. The zero-order valence-corrected chi connectivity index (χ0v) is 15.1. The second-order valence-electron chi connectivity index (χ2n) is 7.46. The van der Waals surface area contributed by atoms with Crippen molar-refractivity contribution >= 4 is 11.8 Å². The highest BCUT2D eigenvalue weighted by Crippen LogP contribution is 2.28. The van der Waals surface area contributed by atoms with Gasteiger partial charge in [-0.2, -0.15) is 15.4 Å². The number of aromatic nitrogens is 3. The minimum atomic E-state index is -0.752. The average Bonchev–Trinajstić information content (AvgIpc) is 3.33. The summed E-state index contributed by atoms with van der Waals surface area (Å²) < 4.78 is 0. The van der Waals surface area contributed by atoms with Gasteiger partial charge in [0.15, 0.2) is 5.69 Å². The molecule has 0 bridgehead atoms. The molecule has 2 aliphatic carbocycles. The summed E-state index contributed by atoms with van der Waals surface area (Å²) in [6.07, 6.45) is 1.67. The first-order valence-corrected chi connectivity index (χ1v) is 9.24. The Morgan fingerprint density at radius 2 is 1.81 bits per heavy atom. The Balaban J connectivity index is 1.32. The lowest BCUT2D eigenvalue weighted by atomic mass is 10.1. The summed E-state index contributed by atoms with van der Waals surface area (Å²) in [7, 11) is 0. The molecule has 2 amide bonds. The number of aryl methyl sites for hydroxylation is 1. The molecule has 142 valence electrons. The van der Waals surface area contributed by atoms with Gasteiger partial charge in [-0.3, -0.25) is 9.59 Å². The molecule has 1 aromatic carbocycles. The largest absolute Gasteiger partial charge is 0.391 e. The van der Waals surface area contributed by atoms with E-state index in [-0.39, 0.29) is 23.6 Å². The molecule has 3 atom stereocenters. The van der Waals surface area contributed by atoms with Crippen LogP contribution < -0.4 is 10.6 Å². The quantitative estimate of drug-likeness (QED) is 0.616. The fourth-order valence-electron chi connectivity index (χ4n) is 4.10. The van der Waals surface area contributed by atoms with Crippen molar-refractivity contribution in [3.63, 3.8) is 0 Å². The lowest BCUT2D eigenvalue weighted by molar-refractivity contribution is -0.125. The Morgan fingerprint density at radius 3 is 2.44 bits per heavy atom. The van der Waals surface area contributed by atoms with E-state index < -0.39 is 18.1 Å². The number of carbonyl (C=O) groups is 2. The minimum absolute atomic E-state index is 0.0544. The van der Waals surface area contributed by atoms with E-state index in [0.29, 0.717) is 18.5 Å². The van der Waals surface area contributed by atoms with Crippen molar-refractivity contribution in [2.75, 3.05) is 0 Å². The first kappa shape index (κ1) is 17.7. The van der Waals surface area contributed by atoms with Gasteiger partial charge in [0.1, 0.15) is 0 Å². The van der Waals surface area contributed by atoms with E-state index in [1.54, 1.807) is 6.92 Å². The Labute approximate surface area is 156 Å². The monoisotopic (exact) mass is 369 g/mol. The smallest absolute Gasteiger partial charge is 0.274 e. The van der Waals surface area contributed by atoms with Gasteiger partial charge >= 0.3 is 0 Å². The lowest BCUT2D eigenvalue weighted by Gasteiger charge is -2.16. The highest BCUT2D eigenvalue weighted by atomic mass is 16.3. The van der Waals surface area contributed by atoms with Crippen molar-refractivity contribution in [1.82, 2.24) is 26.0 Å². The Kier molecular flexibility index (Phi) is 4.65. The fraction of sp³-hybridized carbons (Fsp3) is 0.474. The van der Waals surface area contributed by atoms with Crippen LogP contribution in [0, 0.1) is 12.8 Å². The molecule has 2 aliphatic rings. The molecule has 1 fully saturated rings. The first-order chi connectivity index (χ1) is 13.0. The van der Waals surface area contributed by atoms with Crippen LogP contribution in [0.2, 0.25) is 0 Å². The Bertz CT molecular complexity index is 840. The molecular weight excluding hydrogens is 346 g/mol. The van der Waals surface area contributed by atoms with Crippen molar-refractivity contribution in [3.05, 3.63) is 46.8 Å². The van der Waals surface area contributed by atoms with Crippen LogP contribution in [0.3, 0.4) is 0 Å². The van der Waals surface area contributed by atoms with E-state index >= 15 is 0 Å². The van der Waals surface area contributed by atoms with Crippen LogP contribution in [-0.4, -0.2) is 50.5 Å². The fourth-order valence-corrected chi connectivity index (χ4v) is 4.10. The van der Waals surface area contributed by atoms with Gasteiger partial charge in [-0.15, -0.1) is 0 Å². The summed E-state index contributed by atoms with van der Waals surface area (Å²) in [6, 6.07) is 7.85. The van der Waals surface area contributed by atoms with E-state index in [0.717, 1.165) is 12.8 Å². The molecule has 4 N–H and O–H groups in total. The van der Waals surface area contributed by atoms with Gasteiger partial charge < -0.3 is 15.7 Å². The number of aromatic amines is 1. The van der Waals surface area contributed by atoms with Crippen LogP contribution in [0.15, 0.2) is 24.3 Å². The first-order valence-electron chi connectivity index (χ1n) is 9.24. The molecule has 1 aromatic heterocycles. The number of aliphatic hydroxyl groups excluding tert-OH is 1. The highest BCUT2D eigenvalue weighted by Gasteiger charge is 2.39. The minimum Gasteiger partial charge on any atom is -0.391 e. The number of nitrogens with zero attached hydrogens (tertiary/aromatic N) is 2. The summed E-state index contributed by atoms with van der Waals surface area (Å²) in [6.45, 7) is 1.68. The molecule has 0 saturated heterocycles. The van der Waals surface area contributed by atoms with Crippen molar-refractivity contribution < 1.29 is 14.7 Å². The lowest BCUT2D eigenvalue weighted by Crippen LogP contribution is -2.41. The number of rotatable bonds is 4. The van der Waals surface area contributed by atoms with E-state index in [1.165, 1.54) is 11.1 Å². The molecule has 2 aromatic rings. The number of hydrogen-bond donors (Lipinski definition) is 4. The van der Waals surface area contributed by atoms with Gasteiger partial charge in [0.25, 0.3) is 5.91 Å². The normalized spacial score (nSPS) is 24.6. The van der Waals surface area contributed by atoms with Crippen LogP contribution >= 0.6 is 0 Å². The standard InChI is InChI=1S/C19H23N5O3/c1-10-17(23-24-22-10)19(27)21-15-8-13(9-16(15)25)18(26)20-14-6-11-4-2-3-5-12(11)7-14/h2-5,13-16,25H,6-9H2,1H3,(H,20,26)(H,21,27)(H,22,23,24)/t13-,15+,16+/m0/s1. The van der Waals surface area contributed by atoms with E-state index in [2.05, 4.69) is 38.2 Å². The highest BCUT2D eigenvalue weighted by molar-refractivity contribution is 5.93. The number of H-pyrrole nitrogens is 1. The molecule has 8 heteroatoms. The van der Waals surface area contributed by atoms with E-state index in [1.807, 2.05) is 12.1 Å². The second kappa shape index (κ2) is 7.11. The topological polar surface area (TPSA) is 120 Å². The van der Waals surface area contributed by atoms with E-state index in [4.69, 9.17) is 0 Å². The third-order valence-electron chi connectivity index (χ3n) is 5.55. The van der Waals surface area contributed by atoms with Crippen LogP contribution in [0.1, 0.15) is 40.2 Å². The summed E-state index contributed by atoms with van der Waals surface area (Å²) in [5.41, 5.74) is 3.26. The summed E-state index contributed by atoms with van der Waals surface area (Å²) in [5, 5.41) is 26.2. The summed E-state index contributed by atoms with van der Waals surface area (Å²) in [4.78, 5) is 24.9. The van der Waals surface area contributed by atoms with Gasteiger partial charge in [-0.05, 0) is 43.7 Å². The van der Waals surface area contributed by atoms with Gasteiger partial charge in [0.05, 0.1) is 17.8 Å². The number of hydrogen-bond acceptors (Lipinski definition) is 5. The number of amides is 2. The molecule has 0 unspecified atom stereocenters. The van der Waals surface area contributed by atoms with Crippen LogP contribution in [0.25, 0.3) is 0 Å². The molecule has 8 nitrogen and oxygen atoms in total. The average molecular weight is 369 g/mol. The molecule has 27 heavy (non-hydrogen) atoms. The Morgan fingerprint density at radius 1 is 1.11 bits per heavy atom. The SMILES string of the molecule is Cc1n[nH]nc1C(=O)N[C@@H]1C[C@H](C(=O)NC2Cc3ccccc3C2)C[C@H]1O. The second-order valence-corrected chi connectivity index (χ2v) is 7.46. The summed E-state index contributed by atoms with van der Waals surface area (Å²) >= 11 is 0. The van der Waals surface area contributed by atoms with Crippen molar-refractivity contribution in [1.29, 1.82) is 0 Å². The number of benzene rings is 1. The van der Waals surface area contributed by atoms with Crippen LogP contribution in [0.4, 0.5) is 0 Å². The van der Waals surface area contributed by atoms with Crippen molar-refractivity contribution in [2.45, 2.75) is 50.8 Å². The molecule has 1 saturated carbocycles. The van der Waals surface area contributed by atoms with Crippen LogP contribution in [0.5, 0.6) is 0 Å². The zero-order chi connectivity index (χ0) is 19.0. The third kappa shape index (κ3) is 3.57. The summed E-state index contributed by atoms with van der Waals surface area (Å²) in [5.74, 6) is -0.758. The molecular formula is C19H23N5O3. The van der Waals surface area contributed by atoms with Crippen molar-refractivity contribution in [2.24, 2.45) is 5.92 Å². The predicted octanol–water partition coefficient (Wildman–Crippen LogP) is 0.266. The number of fused-ring (bicyclic) bond motifs is 1. The maximum Gasteiger partial charge on any atom is 0.274 e. The van der Waals surface area contributed by atoms with Gasteiger partial charge in [-0.1, -0.05) is 24.3 Å². The van der Waals surface area contributed by atoms with Gasteiger partial charge in [-0.25, -0.2) is 0 Å². The maximum absolute atomic E-state index is 12.6. The van der Waals surface area contributed by atoms with Gasteiger partial charge in [0.2, 0.25) is 5.91 Å². The Hall–Kier alpha value is -2.74. The van der Waals surface area contributed by atoms with Gasteiger partial charge in [0, 0.05) is 12.0 Å². The number of nitrogens with one attached hydrogen (secondary N) is 3. The van der Waals surface area contributed by atoms with E-state index in [9.17, 15) is 14.7 Å². The van der Waals surface area contributed by atoms with Crippen molar-refractivity contribution in [3.8, 4) is 0 Å². The number of aliphatic hydroxyl groups is 1.